The van der Waals surface area contributed by atoms with Crippen LogP contribution < -0.4 is 0 Å². The van der Waals surface area contributed by atoms with Crippen LogP contribution in [0.1, 0.15) is 92.9 Å². The van der Waals surface area contributed by atoms with Gasteiger partial charge in [0.05, 0.1) is 11.7 Å². The molecule has 0 heterocycles. The molecule has 2 fully saturated rings. The number of ether oxygens (including phenoxy) is 1. The van der Waals surface area contributed by atoms with Crippen molar-refractivity contribution < 1.29 is 14.3 Å². The minimum Gasteiger partial charge on any atom is -0.413 e. The molecule has 8 atom stereocenters. The molecule has 0 aromatic rings. The standard InChI is InChI=1S/C29H52O3Si/c1-19-16-21-17-28(5,31-7)14-12-22(21)26-20(13-15-30)18-29(6)23(25(19)26)10-11-24(29)32-33(8,9)27(2,3)4/h19-20,23-26,30H,10-18H2,1-9H3/t19-,20+,23?,24+,25?,26?,28-,29+/m1/s1. The summed E-state index contributed by atoms with van der Waals surface area (Å²) in [5.74, 6) is 3.47. The fourth-order valence-corrected chi connectivity index (χ4v) is 9.83. The van der Waals surface area contributed by atoms with Gasteiger partial charge in [-0.15, -0.1) is 0 Å². The van der Waals surface area contributed by atoms with E-state index in [0.29, 0.717) is 30.5 Å². The molecule has 0 bridgehead atoms. The molecule has 0 aromatic heterocycles. The molecule has 3 unspecified atom stereocenters. The van der Waals surface area contributed by atoms with Gasteiger partial charge in [0.2, 0.25) is 0 Å². The zero-order chi connectivity index (χ0) is 24.4. The van der Waals surface area contributed by atoms with Gasteiger partial charge in [-0.05, 0) is 111 Å². The van der Waals surface area contributed by atoms with E-state index in [1.165, 1.54) is 32.1 Å². The van der Waals surface area contributed by atoms with Crippen LogP contribution in [0.25, 0.3) is 0 Å². The van der Waals surface area contributed by atoms with Crippen LogP contribution in [0.15, 0.2) is 11.1 Å². The number of fused-ring (bicyclic) bond motifs is 4. The van der Waals surface area contributed by atoms with Crippen molar-refractivity contribution in [2.75, 3.05) is 13.7 Å². The Balaban J connectivity index is 1.68. The van der Waals surface area contributed by atoms with E-state index in [9.17, 15) is 5.11 Å². The lowest BCUT2D eigenvalue weighted by Gasteiger charge is -2.58. The molecule has 1 N–H and O–H groups in total. The molecule has 2 saturated carbocycles. The van der Waals surface area contributed by atoms with Gasteiger partial charge in [-0.1, -0.05) is 45.8 Å². The fourth-order valence-electron chi connectivity index (χ4n) is 8.38. The van der Waals surface area contributed by atoms with Gasteiger partial charge in [0.1, 0.15) is 0 Å². The van der Waals surface area contributed by atoms with Crippen molar-refractivity contribution in [3.8, 4) is 0 Å². The quantitative estimate of drug-likeness (QED) is 0.333. The average Bonchev–Trinajstić information content (AvgIpc) is 3.02. The van der Waals surface area contributed by atoms with Crippen LogP contribution in [0.5, 0.6) is 0 Å². The van der Waals surface area contributed by atoms with E-state index in [4.69, 9.17) is 9.16 Å². The summed E-state index contributed by atoms with van der Waals surface area (Å²) < 4.78 is 13.1. The minimum atomic E-state index is -1.82. The maximum Gasteiger partial charge on any atom is 0.192 e. The van der Waals surface area contributed by atoms with E-state index in [-0.39, 0.29) is 16.1 Å². The maximum atomic E-state index is 10.1. The molecule has 33 heavy (non-hydrogen) atoms. The summed E-state index contributed by atoms with van der Waals surface area (Å²) >= 11 is 0. The molecule has 3 nitrogen and oxygen atoms in total. The summed E-state index contributed by atoms with van der Waals surface area (Å²) in [6.07, 6.45) is 9.81. The van der Waals surface area contributed by atoms with Crippen LogP contribution in [-0.2, 0) is 9.16 Å². The number of hydrogen-bond donors (Lipinski definition) is 1. The monoisotopic (exact) mass is 476 g/mol. The molecule has 0 aromatic carbocycles. The first-order valence-corrected chi connectivity index (χ1v) is 16.7. The van der Waals surface area contributed by atoms with Gasteiger partial charge < -0.3 is 14.3 Å². The van der Waals surface area contributed by atoms with Gasteiger partial charge in [-0.3, -0.25) is 0 Å². The third-order valence-corrected chi connectivity index (χ3v) is 15.7. The summed E-state index contributed by atoms with van der Waals surface area (Å²) in [6, 6.07) is 0. The summed E-state index contributed by atoms with van der Waals surface area (Å²) in [4.78, 5) is 0. The Kier molecular flexibility index (Phi) is 6.87. The van der Waals surface area contributed by atoms with Crippen LogP contribution in [0.3, 0.4) is 0 Å². The number of allylic oxidation sites excluding steroid dienone is 1. The summed E-state index contributed by atoms with van der Waals surface area (Å²) in [5.41, 5.74) is 3.74. The van der Waals surface area contributed by atoms with Crippen LogP contribution in [0, 0.1) is 35.0 Å². The zero-order valence-electron chi connectivity index (χ0n) is 23.1. The molecular formula is C29H52O3Si. The Labute approximate surface area is 205 Å². The second-order valence-electron chi connectivity index (χ2n) is 14.3. The van der Waals surface area contributed by atoms with Crippen LogP contribution in [0.2, 0.25) is 18.1 Å². The largest absolute Gasteiger partial charge is 0.413 e. The molecule has 4 aliphatic carbocycles. The molecule has 0 amide bonds. The van der Waals surface area contributed by atoms with Gasteiger partial charge in [0, 0.05) is 13.7 Å². The van der Waals surface area contributed by atoms with Crippen molar-refractivity contribution in [1.82, 2.24) is 0 Å². The van der Waals surface area contributed by atoms with Crippen molar-refractivity contribution in [1.29, 1.82) is 0 Å². The summed E-state index contributed by atoms with van der Waals surface area (Å²) in [6.45, 7) is 19.7. The summed E-state index contributed by atoms with van der Waals surface area (Å²) in [7, 11) is 0.0759. The Morgan fingerprint density at radius 1 is 1.15 bits per heavy atom. The van der Waals surface area contributed by atoms with Gasteiger partial charge in [0.25, 0.3) is 0 Å². The highest BCUT2D eigenvalue weighted by atomic mass is 28.4. The second kappa shape index (κ2) is 8.75. The molecule has 0 aliphatic heterocycles. The third-order valence-electron chi connectivity index (χ3n) is 11.2. The third kappa shape index (κ3) is 4.34. The minimum absolute atomic E-state index is 0.0104. The van der Waals surface area contributed by atoms with Gasteiger partial charge >= 0.3 is 0 Å². The zero-order valence-corrected chi connectivity index (χ0v) is 24.1. The van der Waals surface area contributed by atoms with Gasteiger partial charge in [0.15, 0.2) is 8.32 Å². The van der Waals surface area contributed by atoms with E-state index in [1.807, 2.05) is 7.11 Å². The maximum absolute atomic E-state index is 10.1. The van der Waals surface area contributed by atoms with Gasteiger partial charge in [-0.2, -0.15) is 0 Å². The highest BCUT2D eigenvalue weighted by molar-refractivity contribution is 6.74. The van der Waals surface area contributed by atoms with Crippen LogP contribution in [-0.4, -0.2) is 38.8 Å². The Morgan fingerprint density at radius 3 is 2.45 bits per heavy atom. The molecule has 0 radical (unpaired) electrons. The number of rotatable bonds is 5. The topological polar surface area (TPSA) is 38.7 Å². The molecule has 4 aliphatic rings. The normalized spacial score (nSPS) is 43.8. The first kappa shape index (κ1) is 25.9. The fraction of sp³-hybridized carbons (Fsp3) is 0.931. The van der Waals surface area contributed by atoms with Gasteiger partial charge in [-0.25, -0.2) is 0 Å². The van der Waals surface area contributed by atoms with Crippen molar-refractivity contribution >= 4 is 8.32 Å². The Bertz CT molecular complexity index is 767. The first-order valence-electron chi connectivity index (χ1n) is 13.8. The van der Waals surface area contributed by atoms with E-state index in [0.717, 1.165) is 31.1 Å². The molecule has 190 valence electrons. The van der Waals surface area contributed by atoms with Crippen LogP contribution in [0.4, 0.5) is 0 Å². The molecule has 4 heteroatoms. The first-order chi connectivity index (χ1) is 15.3. The number of aliphatic hydroxyl groups is 1. The number of hydrogen-bond acceptors (Lipinski definition) is 3. The SMILES string of the molecule is CO[C@]1(C)CCC2=C(C[C@@H](C)C3C2[C@@H](CCO)C[C@@]2(C)C3CC[C@@H]2O[Si](C)(C)C(C)(C)C)C1. The molecular weight excluding hydrogens is 424 g/mol. The second-order valence-corrected chi connectivity index (χ2v) is 19.0. The molecule has 4 rings (SSSR count). The van der Waals surface area contributed by atoms with Crippen molar-refractivity contribution in [2.24, 2.45) is 35.0 Å². The van der Waals surface area contributed by atoms with Crippen molar-refractivity contribution in [3.63, 3.8) is 0 Å². The van der Waals surface area contributed by atoms with Crippen LogP contribution >= 0.6 is 0 Å². The van der Waals surface area contributed by atoms with E-state index < -0.39 is 8.32 Å². The Hall–Kier alpha value is -0.163. The lowest BCUT2D eigenvalue weighted by Crippen LogP contribution is -2.55. The van der Waals surface area contributed by atoms with E-state index in [1.54, 1.807) is 11.1 Å². The number of aliphatic hydroxyl groups excluding tert-OH is 1. The van der Waals surface area contributed by atoms with E-state index >= 15 is 0 Å². The molecule has 0 spiro atoms. The highest BCUT2D eigenvalue weighted by Crippen LogP contribution is 2.66. The predicted octanol–water partition coefficient (Wildman–Crippen LogP) is 7.35. The highest BCUT2D eigenvalue weighted by Gasteiger charge is 2.61. The lowest BCUT2D eigenvalue weighted by atomic mass is 9.48. The van der Waals surface area contributed by atoms with Crippen molar-refractivity contribution in [3.05, 3.63) is 11.1 Å². The Morgan fingerprint density at radius 2 is 1.85 bits per heavy atom. The lowest BCUT2D eigenvalue weighted by molar-refractivity contribution is -0.0792. The van der Waals surface area contributed by atoms with E-state index in [2.05, 4.69) is 54.6 Å². The number of methoxy groups -OCH3 is 1. The smallest absolute Gasteiger partial charge is 0.192 e. The molecule has 0 saturated heterocycles. The predicted molar refractivity (Wildman–Crippen MR) is 140 cm³/mol. The van der Waals surface area contributed by atoms with Crippen molar-refractivity contribution in [2.45, 2.75) is 123 Å². The average molecular weight is 477 g/mol. The summed E-state index contributed by atoms with van der Waals surface area (Å²) in [5, 5.41) is 10.4.